The Morgan fingerprint density at radius 2 is 1.87 bits per heavy atom. The second-order valence-electron chi connectivity index (χ2n) is 6.88. The Bertz CT molecular complexity index is 1100. The van der Waals surface area contributed by atoms with Gasteiger partial charge < -0.3 is 10.1 Å². The number of sulfonamides is 1. The molecule has 0 radical (unpaired) electrons. The van der Waals surface area contributed by atoms with Crippen LogP contribution in [0.2, 0.25) is 5.02 Å². The lowest BCUT2D eigenvalue weighted by Gasteiger charge is -2.11. The van der Waals surface area contributed by atoms with Gasteiger partial charge in [0.2, 0.25) is 0 Å². The minimum absolute atomic E-state index is 0.00897. The first-order valence-electron chi connectivity index (χ1n) is 9.73. The Labute approximate surface area is 185 Å². The SMILES string of the molecule is O=C(COC(=O)c1ccccc1Cl)Nc1cccc(S(=O)(=O)NC2=NCCCCC2)c1. The van der Waals surface area contributed by atoms with Gasteiger partial charge in [0.1, 0.15) is 5.84 Å². The van der Waals surface area contributed by atoms with Crippen molar-refractivity contribution in [3.8, 4) is 0 Å². The number of rotatable bonds is 6. The fourth-order valence-corrected chi connectivity index (χ4v) is 4.29. The quantitative estimate of drug-likeness (QED) is 0.637. The van der Waals surface area contributed by atoms with Crippen LogP contribution in [0.3, 0.4) is 0 Å². The molecule has 10 heteroatoms. The summed E-state index contributed by atoms with van der Waals surface area (Å²) in [5.74, 6) is -0.903. The third-order valence-corrected chi connectivity index (χ3v) is 6.19. The number of esters is 1. The van der Waals surface area contributed by atoms with Crippen LogP contribution in [0, 0.1) is 0 Å². The molecular formula is C21H22ClN3O5S. The number of hydrogen-bond donors (Lipinski definition) is 2. The van der Waals surface area contributed by atoms with Crippen LogP contribution in [0.4, 0.5) is 5.69 Å². The van der Waals surface area contributed by atoms with E-state index in [9.17, 15) is 18.0 Å². The van der Waals surface area contributed by atoms with E-state index in [1.54, 1.807) is 18.2 Å². The summed E-state index contributed by atoms with van der Waals surface area (Å²) >= 11 is 5.93. The zero-order chi connectivity index (χ0) is 22.3. The van der Waals surface area contributed by atoms with Crippen LogP contribution in [0.5, 0.6) is 0 Å². The van der Waals surface area contributed by atoms with Gasteiger partial charge in [-0.15, -0.1) is 0 Å². The van der Waals surface area contributed by atoms with E-state index in [2.05, 4.69) is 15.0 Å². The van der Waals surface area contributed by atoms with Crippen molar-refractivity contribution < 1.29 is 22.7 Å². The maximum Gasteiger partial charge on any atom is 0.340 e. The Morgan fingerprint density at radius 1 is 1.06 bits per heavy atom. The van der Waals surface area contributed by atoms with Gasteiger partial charge in [-0.3, -0.25) is 14.5 Å². The van der Waals surface area contributed by atoms with Crippen molar-refractivity contribution in [1.82, 2.24) is 4.72 Å². The number of ether oxygens (including phenoxy) is 1. The highest BCUT2D eigenvalue weighted by Gasteiger charge is 2.18. The van der Waals surface area contributed by atoms with Crippen LogP contribution in [0.15, 0.2) is 58.4 Å². The summed E-state index contributed by atoms with van der Waals surface area (Å²) in [6, 6.07) is 12.1. The lowest BCUT2D eigenvalue weighted by molar-refractivity contribution is -0.119. The number of anilines is 1. The molecule has 164 valence electrons. The lowest BCUT2D eigenvalue weighted by Crippen LogP contribution is -2.30. The zero-order valence-corrected chi connectivity index (χ0v) is 18.2. The Hall–Kier alpha value is -2.91. The van der Waals surface area contributed by atoms with E-state index in [0.717, 1.165) is 19.3 Å². The largest absolute Gasteiger partial charge is 0.452 e. The zero-order valence-electron chi connectivity index (χ0n) is 16.6. The first-order chi connectivity index (χ1) is 14.8. The summed E-state index contributed by atoms with van der Waals surface area (Å²) in [6.07, 6.45) is 3.40. The number of amides is 1. The number of amidine groups is 1. The topological polar surface area (TPSA) is 114 Å². The normalized spacial score (nSPS) is 14.2. The molecule has 0 atom stereocenters. The number of nitrogens with one attached hydrogen (secondary N) is 2. The van der Waals surface area contributed by atoms with Crippen LogP contribution in [0.25, 0.3) is 0 Å². The van der Waals surface area contributed by atoms with Gasteiger partial charge in [-0.25, -0.2) is 13.2 Å². The van der Waals surface area contributed by atoms with Crippen molar-refractivity contribution in [3.05, 3.63) is 59.1 Å². The van der Waals surface area contributed by atoms with E-state index >= 15 is 0 Å². The molecule has 1 amide bonds. The van der Waals surface area contributed by atoms with E-state index in [1.807, 2.05) is 0 Å². The third-order valence-electron chi connectivity index (χ3n) is 4.48. The van der Waals surface area contributed by atoms with Gasteiger partial charge in [-0.05, 0) is 43.2 Å². The second-order valence-corrected chi connectivity index (χ2v) is 8.97. The molecule has 3 rings (SSSR count). The Kier molecular flexibility index (Phi) is 7.64. The molecule has 0 saturated heterocycles. The molecule has 2 aromatic rings. The summed E-state index contributed by atoms with van der Waals surface area (Å²) in [5.41, 5.74) is 0.405. The minimum atomic E-state index is -3.83. The first-order valence-corrected chi connectivity index (χ1v) is 11.6. The van der Waals surface area contributed by atoms with Crippen LogP contribution in [-0.2, 0) is 19.6 Å². The van der Waals surface area contributed by atoms with Gasteiger partial charge in [-0.1, -0.05) is 36.2 Å². The predicted octanol–water partition coefficient (Wildman–Crippen LogP) is 3.39. The van der Waals surface area contributed by atoms with Crippen molar-refractivity contribution in [3.63, 3.8) is 0 Å². The molecule has 1 aliphatic rings. The van der Waals surface area contributed by atoms with E-state index in [0.29, 0.717) is 18.8 Å². The fourth-order valence-electron chi connectivity index (χ4n) is 2.95. The minimum Gasteiger partial charge on any atom is -0.452 e. The van der Waals surface area contributed by atoms with Crippen LogP contribution in [-0.4, -0.2) is 39.3 Å². The van der Waals surface area contributed by atoms with Crippen molar-refractivity contribution in [2.45, 2.75) is 30.6 Å². The standard InChI is InChI=1S/C21H22ClN3O5S/c22-18-10-4-3-9-17(18)21(27)30-14-20(26)24-15-7-6-8-16(13-15)31(28,29)25-19-11-2-1-5-12-23-19/h3-4,6-10,13H,1-2,5,11-12,14H2,(H,23,25)(H,24,26). The number of benzene rings is 2. The molecule has 0 unspecified atom stereocenters. The molecule has 1 aliphatic heterocycles. The van der Waals surface area contributed by atoms with Crippen LogP contribution < -0.4 is 10.0 Å². The van der Waals surface area contributed by atoms with Crippen molar-refractivity contribution in [2.75, 3.05) is 18.5 Å². The average molecular weight is 464 g/mol. The maximum atomic E-state index is 12.7. The van der Waals surface area contributed by atoms with E-state index < -0.39 is 28.5 Å². The highest BCUT2D eigenvalue weighted by atomic mass is 35.5. The number of nitrogens with zero attached hydrogens (tertiary/aromatic N) is 1. The molecule has 31 heavy (non-hydrogen) atoms. The number of carbonyl (C=O) groups excluding carboxylic acids is 2. The molecule has 0 aromatic heterocycles. The molecule has 0 fully saturated rings. The van der Waals surface area contributed by atoms with E-state index in [1.165, 1.54) is 30.3 Å². The van der Waals surface area contributed by atoms with E-state index in [-0.39, 0.29) is 21.2 Å². The van der Waals surface area contributed by atoms with E-state index in [4.69, 9.17) is 16.3 Å². The molecule has 0 bridgehead atoms. The van der Waals surface area contributed by atoms with Gasteiger partial charge in [0, 0.05) is 18.7 Å². The molecule has 2 aromatic carbocycles. The number of aliphatic imine (C=N–C) groups is 1. The summed E-state index contributed by atoms with van der Waals surface area (Å²) in [4.78, 5) is 28.4. The molecule has 8 nitrogen and oxygen atoms in total. The molecule has 0 aliphatic carbocycles. The Morgan fingerprint density at radius 3 is 2.68 bits per heavy atom. The smallest absolute Gasteiger partial charge is 0.340 e. The van der Waals surface area contributed by atoms with Crippen molar-refractivity contribution >= 4 is 45.0 Å². The molecule has 2 N–H and O–H groups in total. The van der Waals surface area contributed by atoms with Gasteiger partial charge in [0.25, 0.3) is 15.9 Å². The third kappa shape index (κ3) is 6.53. The summed E-state index contributed by atoms with van der Waals surface area (Å²) < 4.78 is 32.8. The monoisotopic (exact) mass is 463 g/mol. The summed E-state index contributed by atoms with van der Waals surface area (Å²) in [7, 11) is -3.83. The van der Waals surface area contributed by atoms with Gasteiger partial charge in [-0.2, -0.15) is 0 Å². The van der Waals surface area contributed by atoms with Gasteiger partial charge in [0.05, 0.1) is 15.5 Å². The molecule has 0 saturated carbocycles. The second kappa shape index (κ2) is 10.4. The molecular weight excluding hydrogens is 442 g/mol. The first kappa shape index (κ1) is 22.8. The van der Waals surface area contributed by atoms with Gasteiger partial charge in [0.15, 0.2) is 6.61 Å². The number of hydrogen-bond acceptors (Lipinski definition) is 6. The molecule has 0 spiro atoms. The Balaban J connectivity index is 1.60. The van der Waals surface area contributed by atoms with Gasteiger partial charge >= 0.3 is 5.97 Å². The van der Waals surface area contributed by atoms with Crippen molar-refractivity contribution in [2.24, 2.45) is 4.99 Å². The van der Waals surface area contributed by atoms with Crippen molar-refractivity contribution in [1.29, 1.82) is 0 Å². The lowest BCUT2D eigenvalue weighted by atomic mass is 10.2. The number of carbonyl (C=O) groups is 2. The average Bonchev–Trinajstić information content (AvgIpc) is 3.01. The number of halogens is 1. The highest BCUT2D eigenvalue weighted by molar-refractivity contribution is 7.90. The highest BCUT2D eigenvalue weighted by Crippen LogP contribution is 2.18. The van der Waals surface area contributed by atoms with Crippen LogP contribution in [0.1, 0.15) is 36.0 Å². The predicted molar refractivity (Wildman–Crippen MR) is 118 cm³/mol. The molecule has 1 heterocycles. The maximum absolute atomic E-state index is 12.7. The summed E-state index contributed by atoms with van der Waals surface area (Å²) in [5, 5.41) is 2.74. The van der Waals surface area contributed by atoms with Crippen LogP contribution >= 0.6 is 11.6 Å². The summed E-state index contributed by atoms with van der Waals surface area (Å²) in [6.45, 7) is 0.0525. The fraction of sp³-hybridized carbons (Fsp3) is 0.286.